The summed E-state index contributed by atoms with van der Waals surface area (Å²) in [6, 6.07) is 4.34. The maximum absolute atomic E-state index is 11.9. The number of piperidine rings is 1. The second kappa shape index (κ2) is 4.78. The fourth-order valence-electron chi connectivity index (χ4n) is 3.38. The molecule has 2 fully saturated rings. The van der Waals surface area contributed by atoms with E-state index in [1.54, 1.807) is 0 Å². The first-order valence-electron chi connectivity index (χ1n) is 7.04. The fourth-order valence-corrected chi connectivity index (χ4v) is 3.38. The van der Waals surface area contributed by atoms with Crippen molar-refractivity contribution < 1.29 is 4.79 Å². The van der Waals surface area contributed by atoms with Gasteiger partial charge in [0.1, 0.15) is 11.9 Å². The number of aryl methyl sites for hydroxylation is 2. The molecule has 0 saturated carbocycles. The number of nitrogens with one attached hydrogen (secondary N) is 1. The van der Waals surface area contributed by atoms with Crippen LogP contribution < -0.4 is 10.2 Å². The van der Waals surface area contributed by atoms with Crippen LogP contribution in [-0.4, -0.2) is 30.0 Å². The van der Waals surface area contributed by atoms with E-state index in [4.69, 9.17) is 0 Å². The summed E-state index contributed by atoms with van der Waals surface area (Å²) < 4.78 is 0. The van der Waals surface area contributed by atoms with Crippen molar-refractivity contribution >= 4 is 11.7 Å². The highest BCUT2D eigenvalue weighted by Gasteiger charge is 2.41. The molecule has 5 nitrogen and oxygen atoms in total. The summed E-state index contributed by atoms with van der Waals surface area (Å²) in [5.74, 6) is 0.927. The van der Waals surface area contributed by atoms with Crippen LogP contribution in [-0.2, 0) is 4.79 Å². The number of hydrogen-bond donors (Lipinski definition) is 1. The molecule has 1 aromatic rings. The maximum atomic E-state index is 11.9. The van der Waals surface area contributed by atoms with Crippen molar-refractivity contribution in [2.24, 2.45) is 5.92 Å². The van der Waals surface area contributed by atoms with Gasteiger partial charge in [-0.25, -0.2) is 4.98 Å². The van der Waals surface area contributed by atoms with Gasteiger partial charge in [0.05, 0.1) is 17.5 Å². The number of hydrogen-bond acceptors (Lipinski definition) is 4. The Bertz CT molecular complexity index is 605. The molecular formula is C15H18N4O. The number of pyridine rings is 1. The topological polar surface area (TPSA) is 69.0 Å². The van der Waals surface area contributed by atoms with Crippen LogP contribution in [0.4, 0.5) is 5.82 Å². The molecule has 0 aromatic carbocycles. The van der Waals surface area contributed by atoms with E-state index < -0.39 is 0 Å². The summed E-state index contributed by atoms with van der Waals surface area (Å²) >= 11 is 0. The molecule has 0 radical (unpaired) electrons. The van der Waals surface area contributed by atoms with Gasteiger partial charge in [-0.1, -0.05) is 0 Å². The van der Waals surface area contributed by atoms with E-state index in [1.165, 1.54) is 0 Å². The molecule has 2 unspecified atom stereocenters. The second-order valence-corrected chi connectivity index (χ2v) is 5.65. The molecule has 104 valence electrons. The largest absolute Gasteiger partial charge is 0.354 e. The summed E-state index contributed by atoms with van der Waals surface area (Å²) in [5, 5.41) is 12.4. The number of aromatic nitrogens is 1. The minimum atomic E-state index is 0.0397. The first-order chi connectivity index (χ1) is 9.61. The van der Waals surface area contributed by atoms with Gasteiger partial charge in [0.25, 0.3) is 0 Å². The van der Waals surface area contributed by atoms with E-state index in [9.17, 15) is 10.1 Å². The standard InChI is InChI=1S/C15H18N4O/c1-9-6-10(2)18-14(12(9)7-16)19-5-3-4-11-13(19)8-17-15(11)20/h6,11,13H,3-5,8H2,1-2H3,(H,17,20). The zero-order chi connectivity index (χ0) is 14.3. The Morgan fingerprint density at radius 3 is 3.05 bits per heavy atom. The molecular weight excluding hydrogens is 252 g/mol. The van der Waals surface area contributed by atoms with Crippen molar-refractivity contribution in [3.8, 4) is 6.07 Å². The highest BCUT2D eigenvalue weighted by Crippen LogP contribution is 2.33. The van der Waals surface area contributed by atoms with Crippen molar-refractivity contribution in [3.63, 3.8) is 0 Å². The van der Waals surface area contributed by atoms with Crippen molar-refractivity contribution in [3.05, 3.63) is 22.9 Å². The molecule has 2 aliphatic heterocycles. The third-order valence-corrected chi connectivity index (χ3v) is 4.31. The molecule has 2 aliphatic rings. The zero-order valence-corrected chi connectivity index (χ0v) is 11.8. The van der Waals surface area contributed by atoms with Crippen molar-refractivity contribution in [1.82, 2.24) is 10.3 Å². The highest BCUT2D eigenvalue weighted by atomic mass is 16.2. The van der Waals surface area contributed by atoms with Gasteiger partial charge in [-0.2, -0.15) is 5.26 Å². The van der Waals surface area contributed by atoms with Crippen LogP contribution in [0.2, 0.25) is 0 Å². The molecule has 0 bridgehead atoms. The molecule has 0 spiro atoms. The molecule has 5 heteroatoms. The van der Waals surface area contributed by atoms with Crippen LogP contribution in [0, 0.1) is 31.1 Å². The Kier molecular flexibility index (Phi) is 3.09. The number of nitriles is 1. The summed E-state index contributed by atoms with van der Waals surface area (Å²) in [5.41, 5.74) is 2.50. The van der Waals surface area contributed by atoms with E-state index in [0.717, 1.165) is 36.5 Å². The van der Waals surface area contributed by atoms with E-state index in [1.807, 2.05) is 19.9 Å². The van der Waals surface area contributed by atoms with Gasteiger partial charge in [-0.15, -0.1) is 0 Å². The van der Waals surface area contributed by atoms with E-state index in [2.05, 4.69) is 21.3 Å². The monoisotopic (exact) mass is 270 g/mol. The van der Waals surface area contributed by atoms with Crippen LogP contribution >= 0.6 is 0 Å². The number of fused-ring (bicyclic) bond motifs is 1. The first kappa shape index (κ1) is 12.9. The quantitative estimate of drug-likeness (QED) is 0.834. The van der Waals surface area contributed by atoms with Crippen LogP contribution in [0.15, 0.2) is 6.07 Å². The molecule has 3 rings (SSSR count). The number of anilines is 1. The number of amides is 1. The van der Waals surface area contributed by atoms with Gasteiger partial charge < -0.3 is 10.2 Å². The predicted molar refractivity (Wildman–Crippen MR) is 75.3 cm³/mol. The van der Waals surface area contributed by atoms with Gasteiger partial charge >= 0.3 is 0 Å². The summed E-state index contributed by atoms with van der Waals surface area (Å²) in [4.78, 5) is 18.6. The molecule has 3 heterocycles. The smallest absolute Gasteiger partial charge is 0.225 e. The molecule has 20 heavy (non-hydrogen) atoms. The van der Waals surface area contributed by atoms with E-state index >= 15 is 0 Å². The highest BCUT2D eigenvalue weighted by molar-refractivity contribution is 5.83. The minimum Gasteiger partial charge on any atom is -0.354 e. The lowest BCUT2D eigenvalue weighted by atomic mass is 9.91. The fraction of sp³-hybridized carbons (Fsp3) is 0.533. The molecule has 1 aromatic heterocycles. The lowest BCUT2D eigenvalue weighted by molar-refractivity contribution is -0.122. The number of carbonyl (C=O) groups excluding carboxylic acids is 1. The Hall–Kier alpha value is -2.09. The Labute approximate surface area is 118 Å². The number of carbonyl (C=O) groups is 1. The van der Waals surface area contributed by atoms with Gasteiger partial charge in [0.15, 0.2) is 0 Å². The predicted octanol–water partition coefficient (Wildman–Crippen LogP) is 1.28. The zero-order valence-electron chi connectivity index (χ0n) is 11.8. The molecule has 2 atom stereocenters. The van der Waals surface area contributed by atoms with Crippen molar-refractivity contribution in [2.45, 2.75) is 32.7 Å². The Morgan fingerprint density at radius 2 is 2.30 bits per heavy atom. The molecule has 2 saturated heterocycles. The SMILES string of the molecule is Cc1cc(C)c(C#N)c(N2CCCC3C(=O)NCC32)n1. The van der Waals surface area contributed by atoms with E-state index in [-0.39, 0.29) is 17.9 Å². The average Bonchev–Trinajstić information content (AvgIpc) is 2.80. The van der Waals surface area contributed by atoms with E-state index in [0.29, 0.717) is 12.1 Å². The molecule has 1 N–H and O–H groups in total. The third-order valence-electron chi connectivity index (χ3n) is 4.31. The van der Waals surface area contributed by atoms with Gasteiger partial charge in [0.2, 0.25) is 5.91 Å². The summed E-state index contributed by atoms with van der Waals surface area (Å²) in [6.45, 7) is 5.40. The maximum Gasteiger partial charge on any atom is 0.225 e. The molecule has 1 amide bonds. The van der Waals surface area contributed by atoms with Gasteiger partial charge in [0, 0.05) is 18.8 Å². The van der Waals surface area contributed by atoms with Crippen molar-refractivity contribution in [2.75, 3.05) is 18.0 Å². The average molecular weight is 270 g/mol. The van der Waals surface area contributed by atoms with Crippen LogP contribution in [0.5, 0.6) is 0 Å². The second-order valence-electron chi connectivity index (χ2n) is 5.65. The molecule has 0 aliphatic carbocycles. The minimum absolute atomic E-state index is 0.0397. The van der Waals surface area contributed by atoms with Crippen molar-refractivity contribution in [1.29, 1.82) is 5.26 Å². The Balaban J connectivity index is 2.04. The van der Waals surface area contributed by atoms with Crippen LogP contribution in [0.1, 0.15) is 29.7 Å². The summed E-state index contributed by atoms with van der Waals surface area (Å²) in [6.07, 6.45) is 1.90. The number of nitrogens with zero attached hydrogens (tertiary/aromatic N) is 3. The van der Waals surface area contributed by atoms with Crippen LogP contribution in [0.25, 0.3) is 0 Å². The van der Waals surface area contributed by atoms with Crippen LogP contribution in [0.3, 0.4) is 0 Å². The third kappa shape index (κ3) is 1.92. The lowest BCUT2D eigenvalue weighted by Crippen LogP contribution is -2.46. The lowest BCUT2D eigenvalue weighted by Gasteiger charge is -2.37. The normalized spacial score (nSPS) is 25.1. The Morgan fingerprint density at radius 1 is 1.50 bits per heavy atom. The number of rotatable bonds is 1. The van der Waals surface area contributed by atoms with Gasteiger partial charge in [-0.05, 0) is 38.3 Å². The summed E-state index contributed by atoms with van der Waals surface area (Å²) in [7, 11) is 0. The first-order valence-corrected chi connectivity index (χ1v) is 7.04. The van der Waals surface area contributed by atoms with Gasteiger partial charge in [-0.3, -0.25) is 4.79 Å².